The fraction of sp³-hybridized carbons (Fsp3) is 0. The quantitative estimate of drug-likeness (QED) is 0.179. The Morgan fingerprint density at radius 2 is 0.909 bits per heavy atom. The number of furan rings is 1. The van der Waals surface area contributed by atoms with Gasteiger partial charge in [-0.2, -0.15) is 0 Å². The predicted molar refractivity (Wildman–Crippen MR) is 231 cm³/mol. The van der Waals surface area contributed by atoms with Gasteiger partial charge in [-0.15, -0.1) is 0 Å². The Bertz CT molecular complexity index is 3480. The molecule has 3 heterocycles. The lowest BCUT2D eigenvalue weighted by atomic mass is 9.96. The van der Waals surface area contributed by atoms with E-state index in [4.69, 9.17) is 4.42 Å². The minimum atomic E-state index is 0.884. The van der Waals surface area contributed by atoms with Gasteiger partial charge in [-0.3, -0.25) is 0 Å². The van der Waals surface area contributed by atoms with Gasteiger partial charge in [0.2, 0.25) is 0 Å². The SMILES string of the molecule is c1ccc(-n2c3ccccc3c3ccc(-c4ccc5c6ccccc6n(-c6ccc(-c7cccc8ccccc78)c7oc8ccccc8c67)c5c4)cc32)cc1. The van der Waals surface area contributed by atoms with Crippen LogP contribution in [0, 0.1) is 0 Å². The molecule has 55 heavy (non-hydrogen) atoms. The number of aromatic nitrogens is 2. The molecule has 12 aromatic rings. The smallest absolute Gasteiger partial charge is 0.145 e. The second-order valence-corrected chi connectivity index (χ2v) is 14.5. The predicted octanol–water partition coefficient (Wildman–Crippen LogP) is 14.3. The zero-order valence-electron chi connectivity index (χ0n) is 29.8. The lowest BCUT2D eigenvalue weighted by molar-refractivity contribution is 0.670. The number of nitrogens with zero attached hydrogens (tertiary/aromatic N) is 2. The second kappa shape index (κ2) is 11.6. The van der Waals surface area contributed by atoms with E-state index >= 15 is 0 Å². The Labute approximate surface area is 316 Å². The Balaban J connectivity index is 1.13. The van der Waals surface area contributed by atoms with Crippen LogP contribution in [0.5, 0.6) is 0 Å². The van der Waals surface area contributed by atoms with Crippen LogP contribution < -0.4 is 0 Å². The molecule has 0 aliphatic rings. The Hall–Kier alpha value is -7.36. The minimum absolute atomic E-state index is 0.884. The summed E-state index contributed by atoms with van der Waals surface area (Å²) in [5.41, 5.74) is 13.4. The van der Waals surface area contributed by atoms with Crippen molar-refractivity contribution >= 4 is 76.3 Å². The van der Waals surface area contributed by atoms with Gasteiger partial charge in [0.15, 0.2) is 0 Å². The molecule has 3 aromatic heterocycles. The standard InChI is InChI=1S/C52H32N2O/c1-2-15-36(16-3-1)53-45-22-9-6-18-39(45)41-27-25-34(31-48(41)53)35-26-28-42-40-19-7-10-23-46(40)54(49(42)32-35)47-30-29-43(38-21-12-14-33-13-4-5-17-37(33)38)52-51(47)44-20-8-11-24-50(44)55-52/h1-32H. The molecule has 0 atom stereocenters. The van der Waals surface area contributed by atoms with E-state index in [0.29, 0.717) is 0 Å². The normalized spacial score (nSPS) is 12.0. The van der Waals surface area contributed by atoms with E-state index in [9.17, 15) is 0 Å². The largest absolute Gasteiger partial charge is 0.455 e. The van der Waals surface area contributed by atoms with Gasteiger partial charge in [-0.1, -0.05) is 140 Å². The summed E-state index contributed by atoms with van der Waals surface area (Å²) < 4.78 is 11.7. The highest BCUT2D eigenvalue weighted by molar-refractivity contribution is 6.18. The molecule has 0 fully saturated rings. The van der Waals surface area contributed by atoms with Crippen molar-refractivity contribution in [3.8, 4) is 33.6 Å². The van der Waals surface area contributed by atoms with Crippen molar-refractivity contribution in [2.75, 3.05) is 0 Å². The summed E-state index contributed by atoms with van der Waals surface area (Å²) in [4.78, 5) is 0. The van der Waals surface area contributed by atoms with Crippen LogP contribution in [-0.2, 0) is 0 Å². The fourth-order valence-corrected chi connectivity index (χ4v) is 9.08. The summed E-state index contributed by atoms with van der Waals surface area (Å²) >= 11 is 0. The van der Waals surface area contributed by atoms with E-state index in [1.165, 1.54) is 65.6 Å². The van der Waals surface area contributed by atoms with E-state index in [2.05, 4.69) is 203 Å². The molecule has 0 aliphatic carbocycles. The van der Waals surface area contributed by atoms with Gasteiger partial charge in [-0.25, -0.2) is 0 Å². The van der Waals surface area contributed by atoms with Crippen molar-refractivity contribution in [2.24, 2.45) is 0 Å². The molecule has 9 aromatic carbocycles. The number of benzene rings is 9. The molecule has 0 bridgehead atoms. The van der Waals surface area contributed by atoms with Gasteiger partial charge in [0.1, 0.15) is 11.2 Å². The zero-order chi connectivity index (χ0) is 36.0. The van der Waals surface area contributed by atoms with Crippen LogP contribution in [0.4, 0.5) is 0 Å². The summed E-state index contributed by atoms with van der Waals surface area (Å²) in [6.45, 7) is 0. The first-order valence-electron chi connectivity index (χ1n) is 18.9. The van der Waals surface area contributed by atoms with Gasteiger partial charge in [0, 0.05) is 38.2 Å². The van der Waals surface area contributed by atoms with Crippen molar-refractivity contribution in [2.45, 2.75) is 0 Å². The summed E-state index contributed by atoms with van der Waals surface area (Å²) in [7, 11) is 0. The molecule has 12 rings (SSSR count). The van der Waals surface area contributed by atoms with Crippen molar-refractivity contribution in [3.05, 3.63) is 194 Å². The van der Waals surface area contributed by atoms with Gasteiger partial charge in [0.05, 0.1) is 33.1 Å². The first-order chi connectivity index (χ1) is 27.3. The van der Waals surface area contributed by atoms with Crippen LogP contribution in [0.3, 0.4) is 0 Å². The van der Waals surface area contributed by atoms with Crippen LogP contribution in [0.25, 0.3) is 110 Å². The summed E-state index contributed by atoms with van der Waals surface area (Å²) in [5.74, 6) is 0. The molecule has 3 nitrogen and oxygen atoms in total. The summed E-state index contributed by atoms with van der Waals surface area (Å²) in [5, 5.41) is 9.60. The van der Waals surface area contributed by atoms with Crippen LogP contribution in [0.1, 0.15) is 0 Å². The molecule has 0 saturated carbocycles. The molecule has 0 amide bonds. The molecule has 0 N–H and O–H groups in total. The maximum absolute atomic E-state index is 6.84. The van der Waals surface area contributed by atoms with E-state index in [0.717, 1.165) is 44.4 Å². The van der Waals surface area contributed by atoms with Gasteiger partial charge in [0.25, 0.3) is 0 Å². The van der Waals surface area contributed by atoms with Crippen molar-refractivity contribution in [3.63, 3.8) is 0 Å². The monoisotopic (exact) mass is 700 g/mol. The zero-order valence-corrected chi connectivity index (χ0v) is 29.8. The molecule has 0 spiro atoms. The lowest BCUT2D eigenvalue weighted by Crippen LogP contribution is -1.96. The third-order valence-corrected chi connectivity index (χ3v) is 11.5. The molecule has 256 valence electrons. The van der Waals surface area contributed by atoms with E-state index in [1.54, 1.807) is 0 Å². The highest BCUT2D eigenvalue weighted by Crippen LogP contribution is 2.44. The van der Waals surface area contributed by atoms with Crippen LogP contribution in [0.15, 0.2) is 199 Å². The van der Waals surface area contributed by atoms with Crippen LogP contribution in [-0.4, -0.2) is 9.13 Å². The number of hydrogen-bond donors (Lipinski definition) is 0. The maximum Gasteiger partial charge on any atom is 0.145 e. The highest BCUT2D eigenvalue weighted by Gasteiger charge is 2.22. The van der Waals surface area contributed by atoms with Gasteiger partial charge >= 0.3 is 0 Å². The first-order valence-corrected chi connectivity index (χ1v) is 18.9. The third kappa shape index (κ3) is 4.38. The van der Waals surface area contributed by atoms with Crippen molar-refractivity contribution in [1.82, 2.24) is 9.13 Å². The van der Waals surface area contributed by atoms with Crippen molar-refractivity contribution < 1.29 is 4.42 Å². The number of rotatable bonds is 4. The van der Waals surface area contributed by atoms with Gasteiger partial charge < -0.3 is 13.6 Å². The lowest BCUT2D eigenvalue weighted by Gasteiger charge is -2.14. The molecule has 0 radical (unpaired) electrons. The highest BCUT2D eigenvalue weighted by atomic mass is 16.3. The number of fused-ring (bicyclic) bond motifs is 10. The van der Waals surface area contributed by atoms with E-state index in [-0.39, 0.29) is 0 Å². The topological polar surface area (TPSA) is 23.0 Å². The number of hydrogen-bond acceptors (Lipinski definition) is 1. The summed E-state index contributed by atoms with van der Waals surface area (Å²) in [6, 6.07) is 70.2. The first kappa shape index (κ1) is 30.1. The Morgan fingerprint density at radius 1 is 0.345 bits per heavy atom. The van der Waals surface area contributed by atoms with E-state index < -0.39 is 0 Å². The molecule has 0 saturated heterocycles. The molecule has 0 aliphatic heterocycles. The third-order valence-electron chi connectivity index (χ3n) is 11.5. The Kier molecular flexibility index (Phi) is 6.34. The van der Waals surface area contributed by atoms with Crippen LogP contribution >= 0.6 is 0 Å². The number of para-hydroxylation sites is 4. The minimum Gasteiger partial charge on any atom is -0.455 e. The molecule has 3 heteroatoms. The average Bonchev–Trinajstić information content (AvgIpc) is 3.91. The maximum atomic E-state index is 6.84. The molecule has 0 unspecified atom stereocenters. The molecular formula is C52H32N2O. The van der Waals surface area contributed by atoms with E-state index in [1.807, 2.05) is 0 Å². The van der Waals surface area contributed by atoms with Crippen molar-refractivity contribution in [1.29, 1.82) is 0 Å². The Morgan fingerprint density at radius 3 is 1.65 bits per heavy atom. The molecular weight excluding hydrogens is 669 g/mol. The fourth-order valence-electron chi connectivity index (χ4n) is 9.08. The second-order valence-electron chi connectivity index (χ2n) is 14.5. The van der Waals surface area contributed by atoms with Crippen LogP contribution in [0.2, 0.25) is 0 Å². The van der Waals surface area contributed by atoms with Gasteiger partial charge in [-0.05, 0) is 82.1 Å². The summed E-state index contributed by atoms with van der Waals surface area (Å²) in [6.07, 6.45) is 0. The average molecular weight is 701 g/mol.